The van der Waals surface area contributed by atoms with E-state index in [0.717, 1.165) is 23.8 Å². The minimum atomic E-state index is 0.272. The van der Waals surface area contributed by atoms with Crippen molar-refractivity contribution in [2.75, 3.05) is 12.4 Å². The number of nitrogens with zero attached hydrogens (tertiary/aromatic N) is 4. The molecule has 1 aromatic heterocycles. The first-order valence-electron chi connectivity index (χ1n) is 6.43. The Hall–Kier alpha value is -0.620. The van der Waals surface area contributed by atoms with Crippen molar-refractivity contribution in [1.29, 1.82) is 0 Å². The van der Waals surface area contributed by atoms with E-state index in [1.165, 1.54) is 32.1 Å². The number of hydrogen-bond donors (Lipinski definition) is 1. The molecule has 0 atom stereocenters. The molecule has 0 saturated heterocycles. The summed E-state index contributed by atoms with van der Waals surface area (Å²) in [7, 11) is 0. The zero-order valence-corrected chi connectivity index (χ0v) is 10.9. The van der Waals surface area contributed by atoms with E-state index < -0.39 is 0 Å². The Morgan fingerprint density at radius 1 is 1.24 bits per heavy atom. The molecule has 5 nitrogen and oxygen atoms in total. The smallest absolute Gasteiger partial charge is 0.209 e. The number of aliphatic hydroxyl groups excluding tert-OH is 1. The van der Waals surface area contributed by atoms with Gasteiger partial charge in [-0.25, -0.2) is 4.68 Å². The Morgan fingerprint density at radius 2 is 2.06 bits per heavy atom. The van der Waals surface area contributed by atoms with E-state index in [4.69, 9.17) is 5.11 Å². The van der Waals surface area contributed by atoms with Crippen molar-refractivity contribution in [1.82, 2.24) is 20.2 Å². The predicted octanol–water partition coefficient (Wildman–Crippen LogP) is 2.04. The van der Waals surface area contributed by atoms with Crippen LogP contribution in [-0.4, -0.2) is 37.7 Å². The maximum Gasteiger partial charge on any atom is 0.209 e. The Labute approximate surface area is 106 Å². The van der Waals surface area contributed by atoms with Crippen LogP contribution in [0.1, 0.15) is 51.0 Å². The van der Waals surface area contributed by atoms with Gasteiger partial charge in [0.2, 0.25) is 5.16 Å². The van der Waals surface area contributed by atoms with Crippen LogP contribution in [0.4, 0.5) is 0 Å². The Balaban J connectivity index is 1.87. The summed E-state index contributed by atoms with van der Waals surface area (Å²) in [6.45, 7) is 0.272. The highest BCUT2D eigenvalue weighted by atomic mass is 32.2. The summed E-state index contributed by atoms with van der Waals surface area (Å²) < 4.78 is 2.00. The molecule has 1 saturated carbocycles. The molecule has 0 radical (unpaired) electrons. The van der Waals surface area contributed by atoms with Crippen LogP contribution in [0, 0.1) is 0 Å². The first kappa shape index (κ1) is 12.8. The van der Waals surface area contributed by atoms with Gasteiger partial charge < -0.3 is 5.11 Å². The topological polar surface area (TPSA) is 63.8 Å². The van der Waals surface area contributed by atoms with E-state index in [1.807, 2.05) is 4.68 Å². The highest BCUT2D eigenvalue weighted by Gasteiger charge is 2.19. The SMILES string of the molecule is OCCCCSc1nnnn1C1CCCCC1. The molecule has 96 valence electrons. The van der Waals surface area contributed by atoms with Crippen molar-refractivity contribution >= 4 is 11.8 Å². The molecule has 0 bridgehead atoms. The number of hydrogen-bond acceptors (Lipinski definition) is 5. The van der Waals surface area contributed by atoms with Crippen molar-refractivity contribution in [3.05, 3.63) is 0 Å². The molecular formula is C11H20N4OS. The van der Waals surface area contributed by atoms with Gasteiger partial charge >= 0.3 is 0 Å². The van der Waals surface area contributed by atoms with Gasteiger partial charge in [0.25, 0.3) is 0 Å². The lowest BCUT2D eigenvalue weighted by atomic mass is 9.96. The lowest BCUT2D eigenvalue weighted by Gasteiger charge is -2.21. The average molecular weight is 256 g/mol. The molecule has 0 aliphatic heterocycles. The summed E-state index contributed by atoms with van der Waals surface area (Å²) >= 11 is 1.70. The molecule has 0 unspecified atom stereocenters. The van der Waals surface area contributed by atoms with Crippen molar-refractivity contribution in [3.8, 4) is 0 Å². The summed E-state index contributed by atoms with van der Waals surface area (Å²) in [5.74, 6) is 0.980. The standard InChI is InChI=1S/C11H20N4OS/c16-8-4-5-9-17-11-12-13-14-15(11)10-6-2-1-3-7-10/h10,16H,1-9H2. The third-order valence-corrected chi connectivity index (χ3v) is 4.19. The summed E-state index contributed by atoms with van der Waals surface area (Å²) in [5.41, 5.74) is 0. The molecule has 0 aromatic carbocycles. The van der Waals surface area contributed by atoms with Crippen molar-refractivity contribution in [2.45, 2.75) is 56.1 Å². The largest absolute Gasteiger partial charge is 0.396 e. The number of aromatic nitrogens is 4. The Kier molecular flexibility index (Phi) is 5.25. The van der Waals surface area contributed by atoms with Gasteiger partial charge in [-0.1, -0.05) is 31.0 Å². The fraction of sp³-hybridized carbons (Fsp3) is 0.909. The molecule has 1 aliphatic carbocycles. The van der Waals surface area contributed by atoms with Crippen LogP contribution in [-0.2, 0) is 0 Å². The van der Waals surface area contributed by atoms with Gasteiger partial charge in [-0.05, 0) is 36.1 Å². The van der Waals surface area contributed by atoms with Gasteiger partial charge in [-0.3, -0.25) is 0 Å². The van der Waals surface area contributed by atoms with E-state index in [0.29, 0.717) is 6.04 Å². The normalized spacial score (nSPS) is 17.5. The van der Waals surface area contributed by atoms with Gasteiger partial charge in [-0.15, -0.1) is 5.10 Å². The van der Waals surface area contributed by atoms with Crippen LogP contribution in [0.2, 0.25) is 0 Å². The third-order valence-electron chi connectivity index (χ3n) is 3.17. The van der Waals surface area contributed by atoms with Gasteiger partial charge in [0, 0.05) is 12.4 Å². The van der Waals surface area contributed by atoms with Crippen LogP contribution in [0.5, 0.6) is 0 Å². The minimum Gasteiger partial charge on any atom is -0.396 e. The number of tetrazole rings is 1. The van der Waals surface area contributed by atoms with Crippen molar-refractivity contribution < 1.29 is 5.11 Å². The van der Waals surface area contributed by atoms with E-state index in [-0.39, 0.29) is 6.61 Å². The first-order chi connectivity index (χ1) is 8.42. The lowest BCUT2D eigenvalue weighted by molar-refractivity contribution is 0.287. The highest BCUT2D eigenvalue weighted by molar-refractivity contribution is 7.99. The fourth-order valence-corrected chi connectivity index (χ4v) is 3.16. The van der Waals surface area contributed by atoms with Gasteiger partial charge in [0.1, 0.15) is 0 Å². The molecule has 1 fully saturated rings. The van der Waals surface area contributed by atoms with E-state index in [2.05, 4.69) is 15.5 Å². The fourth-order valence-electron chi connectivity index (χ4n) is 2.21. The van der Waals surface area contributed by atoms with E-state index in [1.54, 1.807) is 11.8 Å². The Bertz CT molecular complexity index is 325. The van der Waals surface area contributed by atoms with Crippen LogP contribution >= 0.6 is 11.8 Å². The van der Waals surface area contributed by atoms with Gasteiger partial charge in [0.15, 0.2) is 0 Å². The molecule has 1 aromatic rings. The number of unbranched alkanes of at least 4 members (excludes halogenated alkanes) is 1. The molecule has 6 heteroatoms. The van der Waals surface area contributed by atoms with Crippen LogP contribution in [0.3, 0.4) is 0 Å². The van der Waals surface area contributed by atoms with Gasteiger partial charge in [0.05, 0.1) is 6.04 Å². The Morgan fingerprint density at radius 3 is 2.82 bits per heavy atom. The summed E-state index contributed by atoms with van der Waals surface area (Å²) in [6.07, 6.45) is 8.21. The molecule has 1 N–H and O–H groups in total. The van der Waals surface area contributed by atoms with Gasteiger partial charge in [-0.2, -0.15) is 0 Å². The van der Waals surface area contributed by atoms with Crippen LogP contribution in [0.15, 0.2) is 5.16 Å². The highest BCUT2D eigenvalue weighted by Crippen LogP contribution is 2.30. The second-order valence-electron chi connectivity index (χ2n) is 4.48. The van der Waals surface area contributed by atoms with Crippen LogP contribution in [0.25, 0.3) is 0 Å². The molecule has 17 heavy (non-hydrogen) atoms. The number of rotatable bonds is 6. The molecule has 0 amide bonds. The molecular weight excluding hydrogens is 236 g/mol. The quantitative estimate of drug-likeness (QED) is 0.623. The molecule has 2 rings (SSSR count). The summed E-state index contributed by atoms with van der Waals surface area (Å²) in [6, 6.07) is 0.499. The number of aliphatic hydroxyl groups is 1. The predicted molar refractivity (Wildman–Crippen MR) is 67.0 cm³/mol. The second kappa shape index (κ2) is 6.96. The second-order valence-corrected chi connectivity index (χ2v) is 5.54. The van der Waals surface area contributed by atoms with E-state index in [9.17, 15) is 0 Å². The summed E-state index contributed by atoms with van der Waals surface area (Å²) in [5, 5.41) is 21.7. The average Bonchev–Trinajstić information content (AvgIpc) is 2.84. The number of thioether (sulfide) groups is 1. The van der Waals surface area contributed by atoms with Crippen LogP contribution < -0.4 is 0 Å². The zero-order chi connectivity index (χ0) is 11.9. The maximum absolute atomic E-state index is 8.73. The zero-order valence-electron chi connectivity index (χ0n) is 10.1. The molecule has 0 spiro atoms. The minimum absolute atomic E-state index is 0.272. The monoisotopic (exact) mass is 256 g/mol. The summed E-state index contributed by atoms with van der Waals surface area (Å²) in [4.78, 5) is 0. The van der Waals surface area contributed by atoms with Crippen molar-refractivity contribution in [2.24, 2.45) is 0 Å². The lowest BCUT2D eigenvalue weighted by Crippen LogP contribution is -2.15. The first-order valence-corrected chi connectivity index (χ1v) is 7.42. The van der Waals surface area contributed by atoms with Crippen molar-refractivity contribution in [3.63, 3.8) is 0 Å². The molecule has 1 aliphatic rings. The third kappa shape index (κ3) is 3.67. The van der Waals surface area contributed by atoms with E-state index >= 15 is 0 Å². The maximum atomic E-state index is 8.73. The molecule has 1 heterocycles.